The van der Waals surface area contributed by atoms with E-state index in [1.165, 1.54) is 12.1 Å². The number of benzene rings is 1. The van der Waals surface area contributed by atoms with Gasteiger partial charge in [-0.1, -0.05) is 0 Å². The maximum absolute atomic E-state index is 11.7. The standard InChI is InChI=1S/C14H19BrN2O4/c1-21-8-4-2-3-7-16-14(20)17-12-9-10(13(18)19)5-6-11(12)15/h5-6,9H,2-4,7-8H2,1H3,(H,18,19)(H2,16,17,20). The maximum atomic E-state index is 11.7. The summed E-state index contributed by atoms with van der Waals surface area (Å²) < 4.78 is 5.57. The van der Waals surface area contributed by atoms with Gasteiger partial charge in [-0.3, -0.25) is 0 Å². The summed E-state index contributed by atoms with van der Waals surface area (Å²) in [6, 6.07) is 4.10. The van der Waals surface area contributed by atoms with Crippen LogP contribution in [-0.4, -0.2) is 37.4 Å². The number of halogens is 1. The molecule has 21 heavy (non-hydrogen) atoms. The molecule has 0 radical (unpaired) electrons. The molecule has 0 bridgehead atoms. The molecule has 0 saturated heterocycles. The van der Waals surface area contributed by atoms with Crippen molar-refractivity contribution in [3.05, 3.63) is 28.2 Å². The largest absolute Gasteiger partial charge is 0.478 e. The predicted molar refractivity (Wildman–Crippen MR) is 83.8 cm³/mol. The molecule has 1 aromatic rings. The molecule has 1 rings (SSSR count). The summed E-state index contributed by atoms with van der Waals surface area (Å²) in [4.78, 5) is 22.6. The third-order valence-corrected chi connectivity index (χ3v) is 3.46. The Morgan fingerprint density at radius 2 is 2.05 bits per heavy atom. The number of rotatable bonds is 8. The van der Waals surface area contributed by atoms with Crippen molar-refractivity contribution in [2.75, 3.05) is 25.6 Å². The van der Waals surface area contributed by atoms with Crippen LogP contribution in [0.2, 0.25) is 0 Å². The van der Waals surface area contributed by atoms with Gasteiger partial charge in [0.25, 0.3) is 0 Å². The maximum Gasteiger partial charge on any atom is 0.335 e. The van der Waals surface area contributed by atoms with Gasteiger partial charge in [0.1, 0.15) is 0 Å². The summed E-state index contributed by atoms with van der Waals surface area (Å²) in [6.07, 6.45) is 2.81. The lowest BCUT2D eigenvalue weighted by Crippen LogP contribution is -2.29. The molecular formula is C14H19BrN2O4. The van der Waals surface area contributed by atoms with Crippen LogP contribution in [0.25, 0.3) is 0 Å². The van der Waals surface area contributed by atoms with E-state index in [4.69, 9.17) is 9.84 Å². The first-order chi connectivity index (χ1) is 10.0. The van der Waals surface area contributed by atoms with Crippen molar-refractivity contribution in [3.63, 3.8) is 0 Å². The van der Waals surface area contributed by atoms with Gasteiger partial charge in [-0.25, -0.2) is 9.59 Å². The van der Waals surface area contributed by atoms with Gasteiger partial charge < -0.3 is 20.5 Å². The molecule has 0 unspecified atom stereocenters. The molecular weight excluding hydrogens is 340 g/mol. The van der Waals surface area contributed by atoms with Gasteiger partial charge in [-0.2, -0.15) is 0 Å². The van der Waals surface area contributed by atoms with E-state index in [0.717, 1.165) is 25.9 Å². The number of carboxylic acid groups (broad SMARTS) is 1. The van der Waals surface area contributed by atoms with Crippen LogP contribution in [0.3, 0.4) is 0 Å². The molecule has 0 spiro atoms. The van der Waals surface area contributed by atoms with E-state index in [0.29, 0.717) is 16.7 Å². The molecule has 3 N–H and O–H groups in total. The van der Waals surface area contributed by atoms with Crippen molar-refractivity contribution in [1.29, 1.82) is 0 Å². The lowest BCUT2D eigenvalue weighted by atomic mass is 10.2. The number of methoxy groups -OCH3 is 1. The van der Waals surface area contributed by atoms with Crippen molar-refractivity contribution in [1.82, 2.24) is 5.32 Å². The van der Waals surface area contributed by atoms with E-state index in [2.05, 4.69) is 26.6 Å². The SMILES string of the molecule is COCCCCCNC(=O)Nc1cc(C(=O)O)ccc1Br. The first-order valence-corrected chi connectivity index (χ1v) is 7.40. The van der Waals surface area contributed by atoms with Crippen LogP contribution in [0, 0.1) is 0 Å². The Morgan fingerprint density at radius 3 is 2.71 bits per heavy atom. The third-order valence-electron chi connectivity index (χ3n) is 2.77. The average Bonchev–Trinajstić information content (AvgIpc) is 2.44. The number of anilines is 1. The van der Waals surface area contributed by atoms with Gasteiger partial charge in [-0.15, -0.1) is 0 Å². The van der Waals surface area contributed by atoms with Crippen molar-refractivity contribution in [3.8, 4) is 0 Å². The Labute approximate surface area is 132 Å². The molecule has 0 aliphatic heterocycles. The van der Waals surface area contributed by atoms with Crippen LogP contribution in [-0.2, 0) is 4.74 Å². The molecule has 7 heteroatoms. The molecule has 0 aliphatic rings. The van der Waals surface area contributed by atoms with Crippen LogP contribution in [0.1, 0.15) is 29.6 Å². The quantitative estimate of drug-likeness (QED) is 0.623. The van der Waals surface area contributed by atoms with E-state index >= 15 is 0 Å². The molecule has 0 aromatic heterocycles. The summed E-state index contributed by atoms with van der Waals surface area (Å²) >= 11 is 3.27. The third kappa shape index (κ3) is 6.59. The van der Waals surface area contributed by atoms with E-state index in [1.54, 1.807) is 13.2 Å². The minimum Gasteiger partial charge on any atom is -0.478 e. The second kappa shape index (κ2) is 9.36. The Balaban J connectivity index is 2.40. The normalized spacial score (nSPS) is 10.2. The van der Waals surface area contributed by atoms with Gasteiger partial charge in [0.15, 0.2) is 0 Å². The fraction of sp³-hybridized carbons (Fsp3) is 0.429. The van der Waals surface area contributed by atoms with Crippen LogP contribution in [0.5, 0.6) is 0 Å². The number of carbonyl (C=O) groups excluding carboxylic acids is 1. The summed E-state index contributed by atoms with van der Waals surface area (Å²) in [5.74, 6) is -1.04. The number of carbonyl (C=O) groups is 2. The number of hydrogen-bond acceptors (Lipinski definition) is 3. The molecule has 2 amide bonds. The molecule has 0 saturated carbocycles. The highest BCUT2D eigenvalue weighted by Gasteiger charge is 2.09. The van der Waals surface area contributed by atoms with E-state index in [9.17, 15) is 9.59 Å². The van der Waals surface area contributed by atoms with Crippen molar-refractivity contribution in [2.24, 2.45) is 0 Å². The van der Waals surface area contributed by atoms with Crippen molar-refractivity contribution < 1.29 is 19.4 Å². The van der Waals surface area contributed by atoms with E-state index < -0.39 is 5.97 Å². The lowest BCUT2D eigenvalue weighted by molar-refractivity contribution is 0.0697. The number of amides is 2. The number of urea groups is 1. The van der Waals surface area contributed by atoms with Gasteiger partial charge in [0.05, 0.1) is 11.3 Å². The van der Waals surface area contributed by atoms with Gasteiger partial charge >= 0.3 is 12.0 Å². The summed E-state index contributed by atoms with van der Waals surface area (Å²) in [6.45, 7) is 1.28. The van der Waals surface area contributed by atoms with Crippen LogP contribution in [0.4, 0.5) is 10.5 Å². The molecule has 1 aromatic carbocycles. The number of aromatic carboxylic acids is 1. The Kier molecular flexibility index (Phi) is 7.78. The highest BCUT2D eigenvalue weighted by Crippen LogP contribution is 2.23. The van der Waals surface area contributed by atoms with Crippen molar-refractivity contribution in [2.45, 2.75) is 19.3 Å². The smallest absolute Gasteiger partial charge is 0.335 e. The molecule has 116 valence electrons. The van der Waals surface area contributed by atoms with Gasteiger partial charge in [0, 0.05) is 24.7 Å². The van der Waals surface area contributed by atoms with Crippen LogP contribution < -0.4 is 10.6 Å². The number of unbranched alkanes of at least 4 members (excludes halogenated alkanes) is 2. The monoisotopic (exact) mass is 358 g/mol. The molecule has 0 fully saturated rings. The minimum atomic E-state index is -1.04. The lowest BCUT2D eigenvalue weighted by Gasteiger charge is -2.10. The van der Waals surface area contributed by atoms with Crippen LogP contribution in [0.15, 0.2) is 22.7 Å². The topological polar surface area (TPSA) is 87.7 Å². The Bertz CT molecular complexity index is 494. The van der Waals surface area contributed by atoms with Gasteiger partial charge in [0.2, 0.25) is 0 Å². The number of hydrogen-bond donors (Lipinski definition) is 3. The zero-order valence-electron chi connectivity index (χ0n) is 11.8. The number of nitrogens with one attached hydrogen (secondary N) is 2. The van der Waals surface area contributed by atoms with Crippen LogP contribution >= 0.6 is 15.9 Å². The first-order valence-electron chi connectivity index (χ1n) is 6.61. The molecule has 6 nitrogen and oxygen atoms in total. The summed E-state index contributed by atoms with van der Waals surface area (Å²) in [5, 5.41) is 14.3. The zero-order valence-corrected chi connectivity index (χ0v) is 13.4. The Morgan fingerprint density at radius 1 is 1.29 bits per heavy atom. The Hall–Kier alpha value is -1.60. The summed E-state index contributed by atoms with van der Waals surface area (Å²) in [7, 11) is 1.66. The highest BCUT2D eigenvalue weighted by molar-refractivity contribution is 9.10. The fourth-order valence-electron chi connectivity index (χ4n) is 1.67. The van der Waals surface area contributed by atoms with Gasteiger partial charge in [-0.05, 0) is 53.4 Å². The van der Waals surface area contributed by atoms with Crippen molar-refractivity contribution >= 4 is 33.6 Å². The fourth-order valence-corrected chi connectivity index (χ4v) is 2.02. The minimum absolute atomic E-state index is 0.119. The zero-order chi connectivity index (χ0) is 15.7. The second-order valence-electron chi connectivity index (χ2n) is 4.43. The average molecular weight is 359 g/mol. The molecule has 0 aliphatic carbocycles. The predicted octanol–water partition coefficient (Wildman–Crippen LogP) is 3.09. The first kappa shape index (κ1) is 17.5. The number of ether oxygens (including phenoxy) is 1. The van der Waals surface area contributed by atoms with E-state index in [-0.39, 0.29) is 11.6 Å². The second-order valence-corrected chi connectivity index (χ2v) is 5.29. The summed E-state index contributed by atoms with van der Waals surface area (Å²) in [5.41, 5.74) is 0.542. The highest BCUT2D eigenvalue weighted by atomic mass is 79.9. The van der Waals surface area contributed by atoms with E-state index in [1.807, 2.05) is 0 Å². The molecule has 0 atom stereocenters. The molecule has 0 heterocycles. The number of carboxylic acids is 1.